The number of nitrogens with zero attached hydrogens (tertiary/aromatic N) is 1. The molecule has 0 aliphatic carbocycles. The molecule has 1 unspecified atom stereocenters. The van der Waals surface area contributed by atoms with Gasteiger partial charge in [0.2, 0.25) is 9.84 Å². The van der Waals surface area contributed by atoms with Crippen molar-refractivity contribution in [3.05, 3.63) is 18.2 Å². The Kier molecular flexibility index (Phi) is 4.85. The molecule has 0 saturated carbocycles. The number of rotatable bonds is 4. The van der Waals surface area contributed by atoms with Crippen LogP contribution in [0.5, 0.6) is 5.75 Å². The van der Waals surface area contributed by atoms with E-state index in [-0.39, 0.29) is 17.1 Å². The number of hydrogen-bond acceptors (Lipinski definition) is 7. The molecule has 20 heavy (non-hydrogen) atoms. The second kappa shape index (κ2) is 6.43. The highest BCUT2D eigenvalue weighted by atomic mass is 32.2. The van der Waals surface area contributed by atoms with Crippen molar-refractivity contribution in [3.8, 4) is 5.75 Å². The average Bonchev–Trinajstić information content (AvgIpc) is 2.48. The summed E-state index contributed by atoms with van der Waals surface area (Å²) in [6, 6.07) is 4.51. The zero-order valence-corrected chi connectivity index (χ0v) is 12.5. The Hall–Kier alpha value is -1.31. The monoisotopic (exact) mass is 314 g/mol. The van der Waals surface area contributed by atoms with E-state index in [0.29, 0.717) is 18.9 Å². The van der Waals surface area contributed by atoms with Crippen molar-refractivity contribution in [1.82, 2.24) is 5.32 Å². The summed E-state index contributed by atoms with van der Waals surface area (Å²) in [6.07, 6.45) is 0. The van der Waals surface area contributed by atoms with Gasteiger partial charge in [0.15, 0.2) is 5.44 Å². The van der Waals surface area contributed by atoms with Crippen LogP contribution in [0.1, 0.15) is 0 Å². The van der Waals surface area contributed by atoms with Crippen LogP contribution in [0.2, 0.25) is 0 Å². The Bertz CT molecular complexity index is 633. The third-order valence-corrected chi connectivity index (χ3v) is 4.92. The molecule has 108 valence electrons. The molecule has 8 heteroatoms. The van der Waals surface area contributed by atoms with Crippen molar-refractivity contribution in [2.24, 2.45) is 4.99 Å². The molecule has 1 N–H and O–H groups in total. The van der Waals surface area contributed by atoms with E-state index in [4.69, 9.17) is 9.47 Å². The van der Waals surface area contributed by atoms with Crippen molar-refractivity contribution < 1.29 is 17.9 Å². The summed E-state index contributed by atoms with van der Waals surface area (Å²) in [7, 11) is -2.17. The molecule has 0 amide bonds. The number of hydrogen-bond donors (Lipinski definition) is 1. The molecule has 0 spiro atoms. The van der Waals surface area contributed by atoms with Gasteiger partial charge in [-0.1, -0.05) is 0 Å². The first-order valence-corrected chi connectivity index (χ1v) is 7.87. The summed E-state index contributed by atoms with van der Waals surface area (Å²) in [4.78, 5) is 3.87. The summed E-state index contributed by atoms with van der Waals surface area (Å²) < 4.78 is 35.5. The van der Waals surface area contributed by atoms with Crippen LogP contribution < -0.4 is 10.1 Å². The molecule has 0 radical (unpaired) electrons. The summed E-state index contributed by atoms with van der Waals surface area (Å²) in [5.74, 6) is 0.496. The van der Waals surface area contributed by atoms with Gasteiger partial charge in [-0.2, -0.15) is 4.99 Å². The molecular weight excluding hydrogens is 300 g/mol. The maximum Gasteiger partial charge on any atom is 0.208 e. The highest BCUT2D eigenvalue weighted by molar-refractivity contribution is 7.92. The summed E-state index contributed by atoms with van der Waals surface area (Å²) in [5, 5.41) is 5.17. The molecule has 1 fully saturated rings. The van der Waals surface area contributed by atoms with Crippen LogP contribution in [-0.4, -0.2) is 45.8 Å². The van der Waals surface area contributed by atoms with E-state index in [1.54, 1.807) is 6.07 Å². The number of sulfone groups is 1. The van der Waals surface area contributed by atoms with Gasteiger partial charge in [-0.3, -0.25) is 0 Å². The van der Waals surface area contributed by atoms with E-state index in [2.05, 4.69) is 27.7 Å². The van der Waals surface area contributed by atoms with Crippen molar-refractivity contribution in [1.29, 1.82) is 0 Å². The van der Waals surface area contributed by atoms with Gasteiger partial charge in [0.05, 0.1) is 29.5 Å². The predicted molar refractivity (Wildman–Crippen MR) is 77.5 cm³/mol. The second-order valence-electron chi connectivity index (χ2n) is 4.09. The molecule has 1 heterocycles. The largest absolute Gasteiger partial charge is 0.497 e. The molecule has 1 aromatic rings. The minimum absolute atomic E-state index is 0.0596. The van der Waals surface area contributed by atoms with Crippen molar-refractivity contribution in [3.63, 3.8) is 0 Å². The lowest BCUT2D eigenvalue weighted by Crippen LogP contribution is -2.43. The molecule has 1 aromatic carbocycles. The number of thiocarbonyl (C=S) groups is 1. The van der Waals surface area contributed by atoms with Crippen molar-refractivity contribution in [2.75, 3.05) is 26.8 Å². The van der Waals surface area contributed by atoms with Gasteiger partial charge >= 0.3 is 0 Å². The Morgan fingerprint density at radius 3 is 2.95 bits per heavy atom. The highest BCUT2D eigenvalue weighted by Gasteiger charge is 2.32. The van der Waals surface area contributed by atoms with Gasteiger partial charge in [0.1, 0.15) is 5.75 Å². The molecule has 1 aliphatic rings. The number of methoxy groups -OCH3 is 1. The topological polar surface area (TPSA) is 77.0 Å². The maximum atomic E-state index is 12.6. The fraction of sp³-hybridized carbons (Fsp3) is 0.417. The number of morpholine rings is 1. The first kappa shape index (κ1) is 15.1. The first-order valence-electron chi connectivity index (χ1n) is 5.91. The fourth-order valence-electron chi connectivity index (χ4n) is 1.88. The Morgan fingerprint density at radius 1 is 1.55 bits per heavy atom. The number of nitrogens with one attached hydrogen (secondary N) is 1. The molecule has 0 aromatic heterocycles. The standard InChI is InChI=1S/C12H14N2O4S2/c1-17-9-2-3-11(10(6-9)14-8-19)20(15,16)12-7-13-4-5-18-12/h2-3,6,12-13H,4-5,7H2,1H3. The SMILES string of the molecule is COc1ccc(S(=O)(=O)C2CNCCO2)c(N=C=S)c1. The molecule has 0 bridgehead atoms. The van der Waals surface area contributed by atoms with E-state index in [1.165, 1.54) is 19.2 Å². The minimum Gasteiger partial charge on any atom is -0.497 e. The third kappa shape index (κ3) is 3.05. The highest BCUT2D eigenvalue weighted by Crippen LogP contribution is 2.31. The van der Waals surface area contributed by atoms with Gasteiger partial charge in [0, 0.05) is 19.2 Å². The van der Waals surface area contributed by atoms with Gasteiger partial charge < -0.3 is 14.8 Å². The number of ether oxygens (including phenoxy) is 2. The summed E-state index contributed by atoms with van der Waals surface area (Å²) in [6.45, 7) is 1.24. The zero-order valence-electron chi connectivity index (χ0n) is 10.8. The van der Waals surface area contributed by atoms with Crippen LogP contribution in [0.4, 0.5) is 5.69 Å². The first-order chi connectivity index (χ1) is 9.59. The van der Waals surface area contributed by atoms with Crippen LogP contribution in [0.15, 0.2) is 28.1 Å². The van der Waals surface area contributed by atoms with E-state index >= 15 is 0 Å². The molecule has 1 atom stereocenters. The maximum absolute atomic E-state index is 12.6. The van der Waals surface area contributed by atoms with E-state index < -0.39 is 15.3 Å². The Morgan fingerprint density at radius 2 is 2.35 bits per heavy atom. The number of isothiocyanates is 1. The lowest BCUT2D eigenvalue weighted by molar-refractivity contribution is 0.0785. The van der Waals surface area contributed by atoms with Crippen LogP contribution in [0, 0.1) is 0 Å². The van der Waals surface area contributed by atoms with E-state index in [9.17, 15) is 8.42 Å². The predicted octanol–water partition coefficient (Wildman–Crippen LogP) is 1.15. The van der Waals surface area contributed by atoms with E-state index in [0.717, 1.165) is 0 Å². The second-order valence-corrected chi connectivity index (χ2v) is 6.32. The van der Waals surface area contributed by atoms with E-state index in [1.807, 2.05) is 0 Å². The summed E-state index contributed by atoms with van der Waals surface area (Å²) in [5.41, 5.74) is -0.725. The Labute approximate surface area is 122 Å². The average molecular weight is 314 g/mol. The van der Waals surface area contributed by atoms with Gasteiger partial charge in [-0.25, -0.2) is 8.42 Å². The van der Waals surface area contributed by atoms with Crippen LogP contribution >= 0.6 is 12.2 Å². The Balaban J connectivity index is 2.47. The normalized spacial score (nSPS) is 19.1. The minimum atomic E-state index is -3.66. The van der Waals surface area contributed by atoms with Gasteiger partial charge in [-0.05, 0) is 24.4 Å². The lowest BCUT2D eigenvalue weighted by atomic mass is 10.3. The fourth-order valence-corrected chi connectivity index (χ4v) is 3.53. The summed E-state index contributed by atoms with van der Waals surface area (Å²) >= 11 is 4.56. The number of aliphatic imine (C=N–C) groups is 1. The lowest BCUT2D eigenvalue weighted by Gasteiger charge is -2.24. The van der Waals surface area contributed by atoms with Crippen LogP contribution in [-0.2, 0) is 14.6 Å². The van der Waals surface area contributed by atoms with Crippen molar-refractivity contribution >= 4 is 32.9 Å². The third-order valence-electron chi connectivity index (χ3n) is 2.88. The molecular formula is C12H14N2O4S2. The molecule has 2 rings (SSSR count). The van der Waals surface area contributed by atoms with Crippen LogP contribution in [0.3, 0.4) is 0 Å². The van der Waals surface area contributed by atoms with Gasteiger partial charge in [-0.15, -0.1) is 0 Å². The smallest absolute Gasteiger partial charge is 0.208 e. The zero-order chi connectivity index (χ0) is 14.6. The molecule has 6 nitrogen and oxygen atoms in total. The number of benzene rings is 1. The molecule has 1 saturated heterocycles. The van der Waals surface area contributed by atoms with Crippen LogP contribution in [0.25, 0.3) is 0 Å². The van der Waals surface area contributed by atoms with Gasteiger partial charge in [0.25, 0.3) is 0 Å². The molecule has 1 aliphatic heterocycles. The van der Waals surface area contributed by atoms with Crippen molar-refractivity contribution in [2.45, 2.75) is 10.3 Å². The quantitative estimate of drug-likeness (QED) is 0.663.